The van der Waals surface area contributed by atoms with Crippen LogP contribution < -0.4 is 9.47 Å². The summed E-state index contributed by atoms with van der Waals surface area (Å²) in [6, 6.07) is 4.45. The maximum Gasteiger partial charge on any atom is 0.310 e. The zero-order chi connectivity index (χ0) is 38.2. The van der Waals surface area contributed by atoms with E-state index < -0.39 is 40.8 Å². The zero-order valence-corrected chi connectivity index (χ0v) is 32.8. The van der Waals surface area contributed by atoms with Gasteiger partial charge in [-0.05, 0) is 66.7 Å². The molecular weight excluding hydrogens is 720 g/mol. The van der Waals surface area contributed by atoms with Crippen molar-refractivity contribution in [3.8, 4) is 11.5 Å². The molecular formula is C40H51ClN2O9S. The van der Waals surface area contributed by atoms with Gasteiger partial charge in [0.1, 0.15) is 40.4 Å². The number of pyridine rings is 1. The minimum absolute atomic E-state index is 0.0693. The number of ketones is 1. The van der Waals surface area contributed by atoms with Gasteiger partial charge in [-0.25, -0.2) is 4.98 Å². The summed E-state index contributed by atoms with van der Waals surface area (Å²) < 4.78 is 23.5. The van der Waals surface area contributed by atoms with Crippen LogP contribution in [-0.4, -0.2) is 89.5 Å². The van der Waals surface area contributed by atoms with Gasteiger partial charge in [-0.2, -0.15) is 0 Å². The van der Waals surface area contributed by atoms with Crippen LogP contribution in [0, 0.1) is 34.5 Å². The molecule has 13 heteroatoms. The third kappa shape index (κ3) is 8.49. The molecule has 288 valence electrons. The smallest absolute Gasteiger partial charge is 0.310 e. The Hall–Kier alpha value is -3.35. The Morgan fingerprint density at radius 3 is 2.47 bits per heavy atom. The van der Waals surface area contributed by atoms with Crippen molar-refractivity contribution in [1.82, 2.24) is 9.88 Å². The number of Topliss-reactive ketones (excluding diaryl/α,β-unsaturated/α-hetero) is 1. The monoisotopic (exact) mass is 770 g/mol. The maximum absolute atomic E-state index is 14.6. The van der Waals surface area contributed by atoms with E-state index in [1.54, 1.807) is 19.3 Å². The Bertz CT molecular complexity index is 1750. The minimum atomic E-state index is -1.24. The number of ether oxygens (including phenoxy) is 4. The van der Waals surface area contributed by atoms with E-state index in [1.807, 2.05) is 39.8 Å². The predicted octanol–water partition coefficient (Wildman–Crippen LogP) is 7.00. The highest BCUT2D eigenvalue weighted by atomic mass is 35.5. The van der Waals surface area contributed by atoms with Crippen molar-refractivity contribution in [2.45, 2.75) is 95.9 Å². The third-order valence-corrected chi connectivity index (χ3v) is 12.6. The number of aliphatic carboxylic acids is 1. The minimum Gasteiger partial charge on any atom is -0.490 e. The number of likely N-dealkylation sites (tertiary alicyclic amines) is 1. The fraction of sp³-hybridized carbons (Fsp3) is 0.625. The molecule has 1 aromatic carbocycles. The molecule has 53 heavy (non-hydrogen) atoms. The molecule has 1 aliphatic heterocycles. The number of allylic oxidation sites excluding steroid dienone is 1. The average Bonchev–Trinajstić information content (AvgIpc) is 3.91. The number of carboxylic acids is 1. The van der Waals surface area contributed by atoms with Gasteiger partial charge in [0, 0.05) is 31.4 Å². The van der Waals surface area contributed by atoms with E-state index in [-0.39, 0.29) is 49.5 Å². The Morgan fingerprint density at radius 2 is 1.85 bits per heavy atom. The van der Waals surface area contributed by atoms with E-state index in [2.05, 4.69) is 6.58 Å². The first-order chi connectivity index (χ1) is 25.2. The molecule has 1 unspecified atom stereocenters. The second-order valence-corrected chi connectivity index (χ2v) is 17.8. The van der Waals surface area contributed by atoms with Gasteiger partial charge in [0.15, 0.2) is 5.78 Å². The van der Waals surface area contributed by atoms with Crippen LogP contribution in [0.5, 0.6) is 11.5 Å². The van der Waals surface area contributed by atoms with Crippen LogP contribution in [0.25, 0.3) is 10.9 Å². The largest absolute Gasteiger partial charge is 0.490 e. The Kier molecular flexibility index (Phi) is 11.7. The van der Waals surface area contributed by atoms with Crippen molar-refractivity contribution >= 4 is 57.9 Å². The summed E-state index contributed by atoms with van der Waals surface area (Å²) in [6.45, 7) is 12.3. The van der Waals surface area contributed by atoms with E-state index >= 15 is 0 Å². The lowest BCUT2D eigenvalue weighted by Gasteiger charge is -2.35. The van der Waals surface area contributed by atoms with Gasteiger partial charge in [-0.15, -0.1) is 18.3 Å². The van der Waals surface area contributed by atoms with Crippen LogP contribution in [0.3, 0.4) is 0 Å². The quantitative estimate of drug-likeness (QED) is 0.0769. The molecule has 4 aliphatic rings. The van der Waals surface area contributed by atoms with Crippen LogP contribution >= 0.6 is 23.4 Å². The predicted molar refractivity (Wildman–Crippen MR) is 201 cm³/mol. The summed E-state index contributed by atoms with van der Waals surface area (Å²) in [5.74, 6) is -0.290. The SMILES string of the molecule is C=C[C@@H]1C[C@]1(CC(=O)[C@@H]1C[C@@H](Oc2cc(SCC)nc3c(Cl)c(OCCOC)ccc23)CN1C(=O)[C@@H](CC(=O)OC1C[C@@H]2C[C@@H]2C1)C(C)(C)C)C(=O)O. The first kappa shape index (κ1) is 39.3. The lowest BCUT2D eigenvalue weighted by atomic mass is 9.77. The Balaban J connectivity index is 1.28. The summed E-state index contributed by atoms with van der Waals surface area (Å²) in [4.78, 5) is 60.8. The molecule has 1 amide bonds. The molecule has 4 fully saturated rings. The van der Waals surface area contributed by atoms with Crippen LogP contribution in [0.2, 0.25) is 5.02 Å². The molecule has 0 radical (unpaired) electrons. The molecule has 1 N–H and O–H groups in total. The van der Waals surface area contributed by atoms with Crippen molar-refractivity contribution in [2.75, 3.05) is 32.6 Å². The van der Waals surface area contributed by atoms with Gasteiger partial charge in [0.2, 0.25) is 5.91 Å². The molecule has 8 atom stereocenters. The number of carbonyl (C=O) groups excluding carboxylic acids is 3. The number of halogens is 1. The number of benzene rings is 1. The van der Waals surface area contributed by atoms with Gasteiger partial charge in [0.05, 0.1) is 42.5 Å². The van der Waals surface area contributed by atoms with Crippen LogP contribution in [0.4, 0.5) is 0 Å². The third-order valence-electron chi connectivity index (χ3n) is 11.4. The van der Waals surface area contributed by atoms with E-state index in [9.17, 15) is 24.3 Å². The van der Waals surface area contributed by atoms with Crippen LogP contribution in [-0.2, 0) is 28.7 Å². The lowest BCUT2D eigenvalue weighted by Crippen LogP contribution is -2.48. The Labute approximate surface area is 320 Å². The first-order valence-corrected chi connectivity index (χ1v) is 20.0. The number of fused-ring (bicyclic) bond motifs is 2. The number of amides is 1. The normalized spacial score (nSPS) is 27.9. The van der Waals surface area contributed by atoms with Gasteiger partial charge in [-0.1, -0.05) is 45.4 Å². The van der Waals surface area contributed by atoms with E-state index in [1.165, 1.54) is 23.1 Å². The number of methoxy groups -OCH3 is 1. The number of hydrogen-bond donors (Lipinski definition) is 1. The summed E-state index contributed by atoms with van der Waals surface area (Å²) in [7, 11) is 1.59. The number of thioether (sulfide) groups is 1. The molecule has 3 saturated carbocycles. The van der Waals surface area contributed by atoms with E-state index in [4.69, 9.17) is 35.5 Å². The topological polar surface area (TPSA) is 142 Å². The first-order valence-electron chi connectivity index (χ1n) is 18.6. The number of aromatic nitrogens is 1. The Morgan fingerprint density at radius 1 is 1.11 bits per heavy atom. The summed E-state index contributed by atoms with van der Waals surface area (Å²) in [5.41, 5.74) is -1.39. The highest BCUT2D eigenvalue weighted by Gasteiger charge is 2.61. The lowest BCUT2D eigenvalue weighted by molar-refractivity contribution is -0.157. The molecule has 6 rings (SSSR count). The number of nitrogens with zero attached hydrogens (tertiary/aromatic N) is 2. The van der Waals surface area contributed by atoms with Crippen molar-refractivity contribution in [3.63, 3.8) is 0 Å². The second kappa shape index (κ2) is 15.8. The number of rotatable bonds is 17. The molecule has 1 saturated heterocycles. The molecule has 1 aromatic heterocycles. The fourth-order valence-electron chi connectivity index (χ4n) is 8.18. The van der Waals surface area contributed by atoms with Gasteiger partial charge >= 0.3 is 11.9 Å². The molecule has 2 aromatic rings. The average molecular weight is 771 g/mol. The number of hydrogen-bond acceptors (Lipinski definition) is 10. The number of esters is 1. The van der Waals surface area contributed by atoms with Crippen molar-refractivity contribution in [3.05, 3.63) is 35.9 Å². The molecule has 0 spiro atoms. The summed E-state index contributed by atoms with van der Waals surface area (Å²) >= 11 is 8.34. The maximum atomic E-state index is 14.6. The van der Waals surface area contributed by atoms with Crippen molar-refractivity contribution in [2.24, 2.45) is 34.5 Å². The van der Waals surface area contributed by atoms with Crippen molar-refractivity contribution < 1.29 is 43.2 Å². The number of carboxylic acid groups (broad SMARTS) is 1. The van der Waals surface area contributed by atoms with Crippen LogP contribution in [0.1, 0.15) is 72.6 Å². The highest BCUT2D eigenvalue weighted by Crippen LogP contribution is 2.57. The van der Waals surface area contributed by atoms with Crippen LogP contribution in [0.15, 0.2) is 35.9 Å². The van der Waals surface area contributed by atoms with Gasteiger partial charge in [-0.3, -0.25) is 19.2 Å². The van der Waals surface area contributed by atoms with E-state index in [0.29, 0.717) is 63.9 Å². The summed E-state index contributed by atoms with van der Waals surface area (Å²) in [5, 5.41) is 11.8. The second-order valence-electron chi connectivity index (χ2n) is 16.1. The standard InChI is InChI=1S/C40H51ClN2O9S/c1-7-24-19-40(24,38(47)48)20-30(44)29-16-26(21-43(29)37(46)28(39(3,4)5)17-34(45)52-25-14-22-13-23(22)15-25)51-32-18-33(53-8-2)42-36-27(32)9-10-31(35(36)41)50-12-11-49-6/h7,9-10,18,22-26,28-29H,1,8,11-17,19-21H2,2-6H3,(H,47,48)/t22-,23+,24-,25?,26-,28-,29+,40-/m1/s1. The molecule has 3 aliphatic carbocycles. The number of carbonyl (C=O) groups is 4. The highest BCUT2D eigenvalue weighted by molar-refractivity contribution is 7.99. The van der Waals surface area contributed by atoms with Gasteiger partial charge < -0.3 is 29.0 Å². The van der Waals surface area contributed by atoms with Gasteiger partial charge in [0.25, 0.3) is 0 Å². The zero-order valence-electron chi connectivity index (χ0n) is 31.2. The molecule has 11 nitrogen and oxygen atoms in total. The molecule has 0 bridgehead atoms. The fourth-order valence-corrected chi connectivity index (χ4v) is 9.08. The molecule has 2 heterocycles. The summed E-state index contributed by atoms with van der Waals surface area (Å²) in [6.07, 6.45) is 3.91. The van der Waals surface area contributed by atoms with E-state index in [0.717, 1.165) is 18.6 Å². The van der Waals surface area contributed by atoms with Crippen molar-refractivity contribution in [1.29, 1.82) is 0 Å².